The molecule has 0 aromatic carbocycles. The van der Waals surface area contributed by atoms with E-state index in [4.69, 9.17) is 4.74 Å². The van der Waals surface area contributed by atoms with Crippen molar-refractivity contribution in [2.75, 3.05) is 13.3 Å². The second-order valence-electron chi connectivity index (χ2n) is 4.90. The molecule has 1 saturated heterocycles. The first-order chi connectivity index (χ1) is 4.81. The van der Waals surface area contributed by atoms with Crippen LogP contribution in [0.4, 0.5) is 0 Å². The van der Waals surface area contributed by atoms with Crippen LogP contribution in [0.1, 0.15) is 34.6 Å². The molecule has 0 aromatic heterocycles. The molecular weight excluding hydrogens is 138 g/mol. The Bertz CT molecular complexity index is 146. The molecule has 2 nitrogen and oxygen atoms in total. The third-order valence-electron chi connectivity index (χ3n) is 2.13. The molecule has 0 radical (unpaired) electrons. The fourth-order valence-electron chi connectivity index (χ4n) is 1.23. The zero-order valence-corrected chi connectivity index (χ0v) is 8.27. The topological polar surface area (TPSA) is 12.5 Å². The van der Waals surface area contributed by atoms with E-state index in [1.807, 2.05) is 0 Å². The molecule has 2 heteroatoms. The summed E-state index contributed by atoms with van der Waals surface area (Å²) in [6.07, 6.45) is 0. The molecule has 11 heavy (non-hydrogen) atoms. The second-order valence-corrected chi connectivity index (χ2v) is 4.90. The highest BCUT2D eigenvalue weighted by Crippen LogP contribution is 2.25. The van der Waals surface area contributed by atoms with Gasteiger partial charge in [0.1, 0.15) is 6.73 Å². The molecule has 0 bridgehead atoms. The summed E-state index contributed by atoms with van der Waals surface area (Å²) in [7, 11) is 0. The van der Waals surface area contributed by atoms with Gasteiger partial charge in [-0.3, -0.25) is 4.90 Å². The summed E-state index contributed by atoms with van der Waals surface area (Å²) in [6, 6.07) is 0. The maximum absolute atomic E-state index is 5.61. The van der Waals surface area contributed by atoms with Crippen LogP contribution in [-0.4, -0.2) is 29.3 Å². The van der Waals surface area contributed by atoms with Crippen molar-refractivity contribution in [2.45, 2.75) is 45.8 Å². The fourth-order valence-corrected chi connectivity index (χ4v) is 1.23. The van der Waals surface area contributed by atoms with Crippen molar-refractivity contribution < 1.29 is 4.74 Å². The van der Waals surface area contributed by atoms with Gasteiger partial charge in [0.05, 0.1) is 5.60 Å². The SMILES string of the molecule is CC1(C)CN(C(C)(C)C)CO1. The largest absolute Gasteiger partial charge is 0.359 e. The van der Waals surface area contributed by atoms with Crippen LogP contribution in [0.2, 0.25) is 0 Å². The Labute approximate surface area is 69.5 Å². The van der Waals surface area contributed by atoms with Gasteiger partial charge in [-0.15, -0.1) is 0 Å². The number of hydrogen-bond donors (Lipinski definition) is 0. The van der Waals surface area contributed by atoms with E-state index in [-0.39, 0.29) is 11.1 Å². The van der Waals surface area contributed by atoms with Crippen LogP contribution in [0.25, 0.3) is 0 Å². The first kappa shape index (κ1) is 9.01. The Balaban J connectivity index is 2.55. The smallest absolute Gasteiger partial charge is 0.100 e. The van der Waals surface area contributed by atoms with Crippen molar-refractivity contribution in [3.8, 4) is 0 Å². The first-order valence-electron chi connectivity index (χ1n) is 4.20. The van der Waals surface area contributed by atoms with Gasteiger partial charge in [0.15, 0.2) is 0 Å². The maximum Gasteiger partial charge on any atom is 0.100 e. The van der Waals surface area contributed by atoms with E-state index < -0.39 is 0 Å². The summed E-state index contributed by atoms with van der Waals surface area (Å²) in [6.45, 7) is 12.7. The normalized spacial score (nSPS) is 25.9. The minimum absolute atomic E-state index is 0.0489. The third-order valence-corrected chi connectivity index (χ3v) is 2.13. The van der Waals surface area contributed by atoms with E-state index in [0.29, 0.717) is 0 Å². The number of hydrogen-bond acceptors (Lipinski definition) is 2. The quantitative estimate of drug-likeness (QED) is 0.532. The Morgan fingerprint density at radius 3 is 2.00 bits per heavy atom. The molecule has 0 unspecified atom stereocenters. The number of ether oxygens (including phenoxy) is 1. The summed E-state index contributed by atoms with van der Waals surface area (Å²) in [5, 5.41) is 0. The molecule has 1 fully saturated rings. The third kappa shape index (κ3) is 2.17. The van der Waals surface area contributed by atoms with Crippen LogP contribution >= 0.6 is 0 Å². The van der Waals surface area contributed by atoms with Gasteiger partial charge in [0, 0.05) is 12.1 Å². The lowest BCUT2D eigenvalue weighted by Gasteiger charge is -2.30. The second kappa shape index (κ2) is 2.46. The maximum atomic E-state index is 5.61. The lowest BCUT2D eigenvalue weighted by molar-refractivity contribution is 0.0214. The van der Waals surface area contributed by atoms with Crippen molar-refractivity contribution in [1.82, 2.24) is 4.90 Å². The highest BCUT2D eigenvalue weighted by molar-refractivity contribution is 4.86. The van der Waals surface area contributed by atoms with E-state index in [0.717, 1.165) is 13.3 Å². The van der Waals surface area contributed by atoms with Crippen LogP contribution in [0.3, 0.4) is 0 Å². The number of rotatable bonds is 0. The van der Waals surface area contributed by atoms with Gasteiger partial charge in [-0.05, 0) is 34.6 Å². The minimum Gasteiger partial charge on any atom is -0.359 e. The van der Waals surface area contributed by atoms with Crippen LogP contribution in [0, 0.1) is 0 Å². The van der Waals surface area contributed by atoms with E-state index in [1.54, 1.807) is 0 Å². The Morgan fingerprint density at radius 2 is 1.82 bits per heavy atom. The van der Waals surface area contributed by atoms with Crippen LogP contribution in [-0.2, 0) is 4.74 Å². The molecule has 0 spiro atoms. The van der Waals surface area contributed by atoms with Gasteiger partial charge in [-0.1, -0.05) is 0 Å². The predicted molar refractivity (Wildman–Crippen MR) is 46.5 cm³/mol. The minimum atomic E-state index is 0.0489. The zero-order valence-electron chi connectivity index (χ0n) is 8.27. The van der Waals surface area contributed by atoms with Gasteiger partial charge in [-0.2, -0.15) is 0 Å². The van der Waals surface area contributed by atoms with Crippen LogP contribution in [0.15, 0.2) is 0 Å². The standard InChI is InChI=1S/C9H19NO/c1-8(2,3)10-6-9(4,5)11-7-10/h6-7H2,1-5H3. The molecule has 0 atom stereocenters. The average molecular weight is 157 g/mol. The van der Waals surface area contributed by atoms with E-state index in [2.05, 4.69) is 39.5 Å². The predicted octanol–water partition coefficient (Wildman–Crippen LogP) is 1.85. The summed E-state index contributed by atoms with van der Waals surface area (Å²) < 4.78 is 5.61. The van der Waals surface area contributed by atoms with Gasteiger partial charge < -0.3 is 4.74 Å². The molecule has 66 valence electrons. The Kier molecular flexibility index (Phi) is 2.01. The van der Waals surface area contributed by atoms with Gasteiger partial charge in [0.2, 0.25) is 0 Å². The van der Waals surface area contributed by atoms with E-state index in [1.165, 1.54) is 0 Å². The Morgan fingerprint density at radius 1 is 1.27 bits per heavy atom. The highest BCUT2D eigenvalue weighted by atomic mass is 16.5. The zero-order chi connectivity index (χ0) is 8.70. The summed E-state index contributed by atoms with van der Waals surface area (Å²) in [5.41, 5.74) is 0.293. The van der Waals surface area contributed by atoms with Gasteiger partial charge in [-0.25, -0.2) is 0 Å². The lowest BCUT2D eigenvalue weighted by Crippen LogP contribution is -2.41. The molecule has 1 aliphatic rings. The van der Waals surface area contributed by atoms with Crippen molar-refractivity contribution in [3.05, 3.63) is 0 Å². The van der Waals surface area contributed by atoms with Crippen molar-refractivity contribution in [3.63, 3.8) is 0 Å². The molecule has 1 rings (SSSR count). The molecule has 0 saturated carbocycles. The van der Waals surface area contributed by atoms with Gasteiger partial charge >= 0.3 is 0 Å². The highest BCUT2D eigenvalue weighted by Gasteiger charge is 2.35. The van der Waals surface area contributed by atoms with Crippen molar-refractivity contribution in [1.29, 1.82) is 0 Å². The first-order valence-corrected chi connectivity index (χ1v) is 4.20. The summed E-state index contributed by atoms with van der Waals surface area (Å²) in [5.74, 6) is 0. The lowest BCUT2D eigenvalue weighted by atomic mass is 10.0. The molecule has 0 aliphatic carbocycles. The van der Waals surface area contributed by atoms with Crippen LogP contribution < -0.4 is 0 Å². The van der Waals surface area contributed by atoms with Gasteiger partial charge in [0.25, 0.3) is 0 Å². The molecule has 0 aromatic rings. The average Bonchev–Trinajstić information content (AvgIpc) is 2.07. The molecule has 1 aliphatic heterocycles. The summed E-state index contributed by atoms with van der Waals surface area (Å²) >= 11 is 0. The van der Waals surface area contributed by atoms with Crippen molar-refractivity contribution >= 4 is 0 Å². The number of nitrogens with zero attached hydrogens (tertiary/aromatic N) is 1. The monoisotopic (exact) mass is 157 g/mol. The molecule has 1 heterocycles. The fraction of sp³-hybridized carbons (Fsp3) is 1.00. The molecule has 0 N–H and O–H groups in total. The van der Waals surface area contributed by atoms with E-state index >= 15 is 0 Å². The summed E-state index contributed by atoms with van der Waals surface area (Å²) in [4.78, 5) is 2.35. The van der Waals surface area contributed by atoms with Crippen molar-refractivity contribution in [2.24, 2.45) is 0 Å². The molecule has 0 amide bonds. The molecular formula is C9H19NO. The Hall–Kier alpha value is -0.0800. The van der Waals surface area contributed by atoms with E-state index in [9.17, 15) is 0 Å². The van der Waals surface area contributed by atoms with Crippen LogP contribution in [0.5, 0.6) is 0 Å².